The molecule has 0 radical (unpaired) electrons. The number of ketones is 1. The van der Waals surface area contributed by atoms with Crippen molar-refractivity contribution < 1.29 is 23.5 Å². The molecule has 148 valence electrons. The lowest BCUT2D eigenvalue weighted by Crippen LogP contribution is -2.52. The van der Waals surface area contributed by atoms with Crippen LogP contribution in [0.3, 0.4) is 0 Å². The second-order valence-electron chi connectivity index (χ2n) is 7.09. The number of amides is 2. The van der Waals surface area contributed by atoms with E-state index in [0.29, 0.717) is 32.7 Å². The minimum Gasteiger partial charge on any atom is -0.378 e. The van der Waals surface area contributed by atoms with Gasteiger partial charge in [0.25, 0.3) is 0 Å². The van der Waals surface area contributed by atoms with Gasteiger partial charge in [0, 0.05) is 25.9 Å². The van der Waals surface area contributed by atoms with E-state index < -0.39 is 17.6 Å². The number of morpholine rings is 1. The summed E-state index contributed by atoms with van der Waals surface area (Å²) in [5.74, 6) is -1.31. The number of hydrogen-bond donors (Lipinski definition) is 1. The van der Waals surface area contributed by atoms with Crippen molar-refractivity contribution >= 4 is 17.6 Å². The van der Waals surface area contributed by atoms with Crippen LogP contribution < -0.4 is 5.32 Å². The SMILES string of the molecule is CC(C)CC(NC(=O)CCC(=O)c1ccccc1F)C(=O)N1CCOCC1. The number of halogens is 1. The Morgan fingerprint density at radius 3 is 2.44 bits per heavy atom. The van der Waals surface area contributed by atoms with Gasteiger partial charge in [0.15, 0.2) is 5.78 Å². The molecule has 1 aromatic carbocycles. The molecule has 7 heteroatoms. The minimum atomic E-state index is -0.626. The summed E-state index contributed by atoms with van der Waals surface area (Å²) < 4.78 is 18.9. The van der Waals surface area contributed by atoms with Gasteiger partial charge in [0.1, 0.15) is 11.9 Å². The number of Topliss-reactive ketones (excluding diaryl/α,β-unsaturated/α-hetero) is 1. The Labute approximate surface area is 159 Å². The molecule has 0 spiro atoms. The first-order valence-electron chi connectivity index (χ1n) is 9.32. The number of hydrogen-bond acceptors (Lipinski definition) is 4. The van der Waals surface area contributed by atoms with Gasteiger partial charge in [-0.05, 0) is 24.5 Å². The smallest absolute Gasteiger partial charge is 0.245 e. The van der Waals surface area contributed by atoms with Crippen LogP contribution in [0.15, 0.2) is 24.3 Å². The fourth-order valence-electron chi connectivity index (χ4n) is 3.01. The highest BCUT2D eigenvalue weighted by Crippen LogP contribution is 2.12. The van der Waals surface area contributed by atoms with Crippen molar-refractivity contribution in [3.05, 3.63) is 35.6 Å². The highest BCUT2D eigenvalue weighted by molar-refractivity contribution is 5.98. The van der Waals surface area contributed by atoms with Crippen LogP contribution in [0, 0.1) is 11.7 Å². The number of rotatable bonds is 8. The van der Waals surface area contributed by atoms with Gasteiger partial charge in [-0.25, -0.2) is 4.39 Å². The maximum absolute atomic E-state index is 13.6. The average Bonchev–Trinajstić information content (AvgIpc) is 2.65. The number of carbonyl (C=O) groups is 3. The zero-order valence-corrected chi connectivity index (χ0v) is 15.9. The molecule has 0 saturated carbocycles. The molecule has 1 fully saturated rings. The van der Waals surface area contributed by atoms with Crippen LogP contribution in [0.25, 0.3) is 0 Å². The van der Waals surface area contributed by atoms with Crippen molar-refractivity contribution in [2.24, 2.45) is 5.92 Å². The number of benzene rings is 1. The molecule has 27 heavy (non-hydrogen) atoms. The molecule has 2 rings (SSSR count). The first-order chi connectivity index (χ1) is 12.9. The third-order valence-electron chi connectivity index (χ3n) is 4.42. The van der Waals surface area contributed by atoms with Crippen molar-refractivity contribution in [3.8, 4) is 0 Å². The Kier molecular flexibility index (Phi) is 7.91. The summed E-state index contributed by atoms with van der Waals surface area (Å²) in [5.41, 5.74) is -0.0200. The molecule has 1 N–H and O–H groups in total. The van der Waals surface area contributed by atoms with E-state index in [2.05, 4.69) is 5.32 Å². The predicted octanol–water partition coefficient (Wildman–Crippen LogP) is 2.18. The van der Waals surface area contributed by atoms with Crippen molar-refractivity contribution in [2.75, 3.05) is 26.3 Å². The number of nitrogens with zero attached hydrogens (tertiary/aromatic N) is 1. The molecule has 0 aliphatic carbocycles. The van der Waals surface area contributed by atoms with Crippen LogP contribution in [-0.4, -0.2) is 54.8 Å². The minimum absolute atomic E-state index is 0.0200. The van der Waals surface area contributed by atoms with Crippen LogP contribution in [0.4, 0.5) is 4.39 Å². The molecule has 1 aliphatic heterocycles. The Balaban J connectivity index is 1.91. The van der Waals surface area contributed by atoms with Gasteiger partial charge >= 0.3 is 0 Å². The molecular weight excluding hydrogens is 351 g/mol. The average molecular weight is 378 g/mol. The molecular formula is C20H27FN2O4. The Hall–Kier alpha value is -2.28. The first kappa shape index (κ1) is 21.0. The Morgan fingerprint density at radius 1 is 1.15 bits per heavy atom. The molecule has 1 heterocycles. The van der Waals surface area contributed by atoms with Crippen LogP contribution in [-0.2, 0) is 14.3 Å². The highest BCUT2D eigenvalue weighted by atomic mass is 19.1. The van der Waals surface area contributed by atoms with E-state index in [9.17, 15) is 18.8 Å². The number of carbonyl (C=O) groups excluding carboxylic acids is 3. The second-order valence-corrected chi connectivity index (χ2v) is 7.09. The molecule has 1 unspecified atom stereocenters. The van der Waals surface area contributed by atoms with Crippen molar-refractivity contribution in [2.45, 2.75) is 39.2 Å². The summed E-state index contributed by atoms with van der Waals surface area (Å²) in [6, 6.07) is 5.08. The topological polar surface area (TPSA) is 75.7 Å². The summed E-state index contributed by atoms with van der Waals surface area (Å²) in [6.45, 7) is 5.96. The summed E-state index contributed by atoms with van der Waals surface area (Å²) in [5, 5.41) is 2.75. The van der Waals surface area contributed by atoms with Gasteiger partial charge in [0.2, 0.25) is 11.8 Å². The Bertz CT molecular complexity index is 672. The fraction of sp³-hybridized carbons (Fsp3) is 0.550. The van der Waals surface area contributed by atoms with E-state index in [-0.39, 0.29) is 36.1 Å². The van der Waals surface area contributed by atoms with Crippen LogP contribution >= 0.6 is 0 Å². The van der Waals surface area contributed by atoms with Crippen LogP contribution in [0.2, 0.25) is 0 Å². The first-order valence-corrected chi connectivity index (χ1v) is 9.32. The summed E-state index contributed by atoms with van der Waals surface area (Å²) in [7, 11) is 0. The van der Waals surface area contributed by atoms with Gasteiger partial charge in [-0.2, -0.15) is 0 Å². The summed E-state index contributed by atoms with van der Waals surface area (Å²) >= 11 is 0. The monoisotopic (exact) mass is 378 g/mol. The van der Waals surface area contributed by atoms with E-state index in [1.54, 1.807) is 11.0 Å². The van der Waals surface area contributed by atoms with E-state index in [1.165, 1.54) is 18.2 Å². The van der Waals surface area contributed by atoms with Crippen molar-refractivity contribution in [1.82, 2.24) is 10.2 Å². The maximum Gasteiger partial charge on any atom is 0.245 e. The maximum atomic E-state index is 13.6. The van der Waals surface area contributed by atoms with Crippen molar-refractivity contribution in [1.29, 1.82) is 0 Å². The quantitative estimate of drug-likeness (QED) is 0.704. The van der Waals surface area contributed by atoms with Gasteiger partial charge in [0.05, 0.1) is 18.8 Å². The van der Waals surface area contributed by atoms with E-state index in [0.717, 1.165) is 0 Å². The second kappa shape index (κ2) is 10.2. The molecule has 0 bridgehead atoms. The molecule has 2 amide bonds. The molecule has 0 aromatic heterocycles. The van der Waals surface area contributed by atoms with Gasteiger partial charge in [-0.15, -0.1) is 0 Å². The van der Waals surface area contributed by atoms with Crippen LogP contribution in [0.5, 0.6) is 0 Å². The number of ether oxygens (including phenoxy) is 1. The zero-order valence-electron chi connectivity index (χ0n) is 15.9. The predicted molar refractivity (Wildman–Crippen MR) is 98.7 cm³/mol. The zero-order chi connectivity index (χ0) is 19.8. The van der Waals surface area contributed by atoms with Gasteiger partial charge in [-0.1, -0.05) is 26.0 Å². The lowest BCUT2D eigenvalue weighted by atomic mass is 10.0. The lowest BCUT2D eigenvalue weighted by Gasteiger charge is -2.31. The van der Waals surface area contributed by atoms with E-state index in [1.807, 2.05) is 13.8 Å². The van der Waals surface area contributed by atoms with Gasteiger partial charge in [-0.3, -0.25) is 14.4 Å². The molecule has 1 atom stereocenters. The molecule has 6 nitrogen and oxygen atoms in total. The fourth-order valence-corrected chi connectivity index (χ4v) is 3.01. The third kappa shape index (κ3) is 6.43. The third-order valence-corrected chi connectivity index (χ3v) is 4.42. The summed E-state index contributed by atoms with van der Waals surface area (Å²) in [6.07, 6.45) is 0.328. The van der Waals surface area contributed by atoms with Gasteiger partial charge < -0.3 is 15.0 Å². The lowest BCUT2D eigenvalue weighted by molar-refractivity contribution is -0.140. The van der Waals surface area contributed by atoms with Crippen molar-refractivity contribution in [3.63, 3.8) is 0 Å². The molecule has 1 aromatic rings. The standard InChI is InChI=1S/C20H27FN2O4/c1-14(2)13-17(20(26)23-9-11-27-12-10-23)22-19(25)8-7-18(24)15-5-3-4-6-16(15)21/h3-6,14,17H,7-13H2,1-2H3,(H,22,25). The Morgan fingerprint density at radius 2 is 1.81 bits per heavy atom. The molecule has 1 saturated heterocycles. The number of nitrogens with one attached hydrogen (secondary N) is 1. The molecule has 1 aliphatic rings. The van der Waals surface area contributed by atoms with E-state index in [4.69, 9.17) is 4.74 Å². The normalized spacial score (nSPS) is 15.5. The van der Waals surface area contributed by atoms with E-state index >= 15 is 0 Å². The highest BCUT2D eigenvalue weighted by Gasteiger charge is 2.28. The largest absolute Gasteiger partial charge is 0.378 e. The van der Waals surface area contributed by atoms with Crippen LogP contribution in [0.1, 0.15) is 43.5 Å². The summed E-state index contributed by atoms with van der Waals surface area (Å²) in [4.78, 5) is 38.8.